The van der Waals surface area contributed by atoms with Crippen LogP contribution in [0.3, 0.4) is 0 Å². The molecule has 0 unspecified atom stereocenters. The third-order valence-corrected chi connectivity index (χ3v) is 5.47. The van der Waals surface area contributed by atoms with Crippen molar-refractivity contribution >= 4 is 44.8 Å². The largest absolute Gasteiger partial charge is 0.494 e. The number of carbonyl (C=O) groups excluding carboxylic acids is 1. The van der Waals surface area contributed by atoms with E-state index in [9.17, 15) is 4.79 Å². The van der Waals surface area contributed by atoms with Crippen molar-refractivity contribution in [2.75, 3.05) is 12.4 Å². The summed E-state index contributed by atoms with van der Waals surface area (Å²) < 4.78 is 8.32. The maximum absolute atomic E-state index is 12.6. The highest BCUT2D eigenvalue weighted by atomic mass is 32.1. The number of aryl methyl sites for hydroxylation is 1. The van der Waals surface area contributed by atoms with E-state index in [2.05, 4.69) is 20.5 Å². The van der Waals surface area contributed by atoms with Crippen molar-refractivity contribution in [3.63, 3.8) is 0 Å². The van der Waals surface area contributed by atoms with Crippen LogP contribution in [-0.2, 0) is 11.3 Å². The third kappa shape index (κ3) is 3.54. The number of amides is 1. The molecule has 0 atom stereocenters. The summed E-state index contributed by atoms with van der Waals surface area (Å²) in [6, 6.07) is 13.6. The van der Waals surface area contributed by atoms with Gasteiger partial charge in [-0.05, 0) is 31.3 Å². The Morgan fingerprint density at radius 3 is 2.82 bits per heavy atom. The van der Waals surface area contributed by atoms with Gasteiger partial charge in [-0.15, -0.1) is 0 Å². The van der Waals surface area contributed by atoms with Gasteiger partial charge in [0, 0.05) is 5.56 Å². The number of rotatable bonds is 5. The van der Waals surface area contributed by atoms with Gasteiger partial charge in [-0.3, -0.25) is 14.5 Å². The summed E-state index contributed by atoms with van der Waals surface area (Å²) >= 11 is 6.69. The Hall–Kier alpha value is -3.04. The van der Waals surface area contributed by atoms with Crippen LogP contribution in [0.4, 0.5) is 5.13 Å². The van der Waals surface area contributed by atoms with Gasteiger partial charge in [-0.2, -0.15) is 5.10 Å². The molecule has 2 aromatic heterocycles. The van der Waals surface area contributed by atoms with Crippen LogP contribution in [0.2, 0.25) is 0 Å². The number of benzene rings is 2. The first-order chi connectivity index (χ1) is 13.5. The number of methoxy groups -OCH3 is 1. The second kappa shape index (κ2) is 7.53. The van der Waals surface area contributed by atoms with Crippen molar-refractivity contribution in [1.29, 1.82) is 0 Å². The molecular formula is C19H17N5O2S2. The average molecular weight is 412 g/mol. The number of H-pyrrole nitrogens is 1. The Labute approximate surface area is 170 Å². The molecule has 0 saturated heterocycles. The van der Waals surface area contributed by atoms with Crippen LogP contribution in [0.15, 0.2) is 42.5 Å². The van der Waals surface area contributed by atoms with Crippen LogP contribution in [0.5, 0.6) is 5.75 Å². The van der Waals surface area contributed by atoms with E-state index in [1.807, 2.05) is 49.4 Å². The summed E-state index contributed by atoms with van der Waals surface area (Å²) in [4.78, 5) is 17.1. The highest BCUT2D eigenvalue weighted by Crippen LogP contribution is 2.32. The SMILES string of the molecule is COc1cccc2sc(NC(=O)Cn3c(-c4ccc(C)cc4)n[nH]c3=S)nc12. The van der Waals surface area contributed by atoms with E-state index in [4.69, 9.17) is 17.0 Å². The summed E-state index contributed by atoms with van der Waals surface area (Å²) in [5, 5.41) is 10.4. The Kier molecular flexibility index (Phi) is 4.93. The lowest BCUT2D eigenvalue weighted by Gasteiger charge is -2.07. The van der Waals surface area contributed by atoms with Crippen LogP contribution < -0.4 is 10.1 Å². The molecule has 0 spiro atoms. The van der Waals surface area contributed by atoms with Gasteiger partial charge in [0.15, 0.2) is 15.7 Å². The molecule has 0 aliphatic rings. The first kappa shape index (κ1) is 18.3. The summed E-state index contributed by atoms with van der Waals surface area (Å²) in [6.45, 7) is 2.05. The van der Waals surface area contributed by atoms with Gasteiger partial charge >= 0.3 is 0 Å². The molecule has 9 heteroatoms. The summed E-state index contributed by atoms with van der Waals surface area (Å²) in [6.07, 6.45) is 0. The summed E-state index contributed by atoms with van der Waals surface area (Å²) in [5.74, 6) is 1.06. The monoisotopic (exact) mass is 411 g/mol. The number of hydrogen-bond acceptors (Lipinski definition) is 6. The lowest BCUT2D eigenvalue weighted by Crippen LogP contribution is -2.19. The molecule has 28 heavy (non-hydrogen) atoms. The van der Waals surface area contributed by atoms with E-state index in [1.165, 1.54) is 11.3 Å². The van der Waals surface area contributed by atoms with Gasteiger partial charge in [-0.1, -0.05) is 47.2 Å². The number of ether oxygens (including phenoxy) is 1. The van der Waals surface area contributed by atoms with E-state index >= 15 is 0 Å². The number of fused-ring (bicyclic) bond motifs is 1. The minimum Gasteiger partial charge on any atom is -0.494 e. The minimum absolute atomic E-state index is 0.0333. The standard InChI is InChI=1S/C19H17N5O2S2/c1-11-6-8-12(9-7-11)17-22-23-19(27)24(17)10-15(25)20-18-21-16-13(26-2)4-3-5-14(16)28-18/h3-9H,10H2,1-2H3,(H,23,27)(H,20,21,25). The van der Waals surface area contributed by atoms with Crippen LogP contribution in [0, 0.1) is 11.7 Å². The number of para-hydroxylation sites is 1. The molecule has 1 amide bonds. The van der Waals surface area contributed by atoms with E-state index in [-0.39, 0.29) is 12.5 Å². The molecular weight excluding hydrogens is 394 g/mol. The maximum Gasteiger partial charge on any atom is 0.246 e. The molecule has 0 saturated carbocycles. The molecule has 2 heterocycles. The Morgan fingerprint density at radius 2 is 2.07 bits per heavy atom. The highest BCUT2D eigenvalue weighted by Gasteiger charge is 2.15. The summed E-state index contributed by atoms with van der Waals surface area (Å²) in [5.41, 5.74) is 2.76. The molecule has 4 rings (SSSR count). The molecule has 0 aliphatic carbocycles. The van der Waals surface area contributed by atoms with Gasteiger partial charge in [0.25, 0.3) is 0 Å². The zero-order valence-electron chi connectivity index (χ0n) is 15.2. The number of thiazole rings is 1. The van der Waals surface area contributed by atoms with Gasteiger partial charge in [0.2, 0.25) is 5.91 Å². The van der Waals surface area contributed by atoms with Gasteiger partial charge in [0.05, 0.1) is 11.8 Å². The van der Waals surface area contributed by atoms with Gasteiger partial charge in [0.1, 0.15) is 17.8 Å². The predicted octanol–water partition coefficient (Wildman–Crippen LogP) is 4.17. The van der Waals surface area contributed by atoms with E-state index < -0.39 is 0 Å². The maximum atomic E-state index is 12.6. The van der Waals surface area contributed by atoms with Crippen LogP contribution in [0.1, 0.15) is 5.56 Å². The molecule has 2 aromatic carbocycles. The second-order valence-corrected chi connectivity index (χ2v) is 7.60. The first-order valence-electron chi connectivity index (χ1n) is 8.51. The molecule has 7 nitrogen and oxygen atoms in total. The van der Waals surface area contributed by atoms with Crippen molar-refractivity contribution < 1.29 is 9.53 Å². The van der Waals surface area contributed by atoms with Crippen LogP contribution >= 0.6 is 23.6 Å². The average Bonchev–Trinajstić information content (AvgIpc) is 3.25. The van der Waals surface area contributed by atoms with Crippen LogP contribution in [-0.4, -0.2) is 32.8 Å². The normalized spacial score (nSPS) is 10.9. The second-order valence-electron chi connectivity index (χ2n) is 6.18. The van der Waals surface area contributed by atoms with Crippen molar-refractivity contribution in [3.8, 4) is 17.1 Å². The van der Waals surface area contributed by atoms with E-state index in [1.54, 1.807) is 11.7 Å². The van der Waals surface area contributed by atoms with E-state index in [0.717, 1.165) is 21.3 Å². The first-order valence-corrected chi connectivity index (χ1v) is 9.73. The predicted molar refractivity (Wildman–Crippen MR) is 112 cm³/mol. The topological polar surface area (TPSA) is 84.8 Å². The molecule has 2 N–H and O–H groups in total. The third-order valence-electron chi connectivity index (χ3n) is 4.22. The fourth-order valence-corrected chi connectivity index (χ4v) is 3.93. The Bertz CT molecular complexity index is 1210. The molecule has 0 fully saturated rings. The lowest BCUT2D eigenvalue weighted by molar-refractivity contribution is -0.116. The lowest BCUT2D eigenvalue weighted by atomic mass is 10.1. The minimum atomic E-state index is -0.233. The number of hydrogen-bond donors (Lipinski definition) is 2. The van der Waals surface area contributed by atoms with Gasteiger partial charge in [-0.25, -0.2) is 4.98 Å². The Balaban J connectivity index is 1.57. The van der Waals surface area contributed by atoms with Crippen molar-refractivity contribution in [1.82, 2.24) is 19.7 Å². The fourth-order valence-electron chi connectivity index (χ4n) is 2.83. The summed E-state index contributed by atoms with van der Waals surface area (Å²) in [7, 11) is 1.60. The molecule has 142 valence electrons. The zero-order chi connectivity index (χ0) is 19.7. The molecule has 0 radical (unpaired) electrons. The van der Waals surface area contributed by atoms with Crippen molar-refractivity contribution in [2.24, 2.45) is 0 Å². The zero-order valence-corrected chi connectivity index (χ0v) is 16.9. The van der Waals surface area contributed by atoms with E-state index in [0.29, 0.717) is 21.5 Å². The van der Waals surface area contributed by atoms with Crippen LogP contribution in [0.25, 0.3) is 21.6 Å². The highest BCUT2D eigenvalue weighted by molar-refractivity contribution is 7.71. The quantitative estimate of drug-likeness (QED) is 0.482. The number of nitrogens with one attached hydrogen (secondary N) is 2. The smallest absolute Gasteiger partial charge is 0.246 e. The number of aromatic amines is 1. The number of anilines is 1. The number of aromatic nitrogens is 4. The molecule has 4 aromatic rings. The number of carbonyl (C=O) groups is 1. The molecule has 0 aliphatic heterocycles. The molecule has 0 bridgehead atoms. The van der Waals surface area contributed by atoms with Crippen molar-refractivity contribution in [2.45, 2.75) is 13.5 Å². The van der Waals surface area contributed by atoms with Gasteiger partial charge < -0.3 is 10.1 Å². The fraction of sp³-hybridized carbons (Fsp3) is 0.158. The Morgan fingerprint density at radius 1 is 1.29 bits per heavy atom. The number of nitrogens with zero attached hydrogens (tertiary/aromatic N) is 3. The van der Waals surface area contributed by atoms with Crippen molar-refractivity contribution in [3.05, 3.63) is 52.8 Å².